The highest BCUT2D eigenvalue weighted by Gasteiger charge is 2.34. The van der Waals surface area contributed by atoms with Crippen molar-refractivity contribution in [3.63, 3.8) is 0 Å². The van der Waals surface area contributed by atoms with E-state index in [9.17, 15) is 22.7 Å². The summed E-state index contributed by atoms with van der Waals surface area (Å²) >= 11 is 0. The summed E-state index contributed by atoms with van der Waals surface area (Å²) in [4.78, 5) is 12.8. The van der Waals surface area contributed by atoms with Gasteiger partial charge < -0.3 is 15.0 Å². The van der Waals surface area contributed by atoms with Crippen molar-refractivity contribution in [2.45, 2.75) is 29.9 Å². The van der Waals surface area contributed by atoms with Crippen LogP contribution in [-0.4, -0.2) is 36.1 Å². The number of hydrogen-bond acceptors (Lipinski definition) is 5. The number of nitriles is 1. The maximum atomic E-state index is 13.5. The third kappa shape index (κ3) is 3.93. The quantitative estimate of drug-likeness (QED) is 0.648. The van der Waals surface area contributed by atoms with Gasteiger partial charge in [0.15, 0.2) is 0 Å². The molecule has 0 radical (unpaired) electrons. The summed E-state index contributed by atoms with van der Waals surface area (Å²) in [6.45, 7) is 3.48. The molecule has 1 aliphatic heterocycles. The summed E-state index contributed by atoms with van der Waals surface area (Å²) in [6, 6.07) is 4.50. The first-order valence-corrected chi connectivity index (χ1v) is 10.2. The molecule has 152 valence electrons. The van der Waals surface area contributed by atoms with E-state index in [1.807, 2.05) is 0 Å². The van der Waals surface area contributed by atoms with Gasteiger partial charge in [-0.05, 0) is 31.0 Å². The van der Waals surface area contributed by atoms with Crippen molar-refractivity contribution in [2.24, 2.45) is 7.05 Å². The third-order valence-corrected chi connectivity index (χ3v) is 6.31. The number of aliphatic hydroxyl groups is 1. The van der Waals surface area contributed by atoms with E-state index in [4.69, 9.17) is 5.26 Å². The molecule has 1 aromatic heterocycles. The zero-order valence-corrected chi connectivity index (χ0v) is 16.3. The van der Waals surface area contributed by atoms with E-state index < -0.39 is 33.9 Å². The summed E-state index contributed by atoms with van der Waals surface area (Å²) in [7, 11) is -2.42. The smallest absolute Gasteiger partial charge is 0.272 e. The fourth-order valence-electron chi connectivity index (χ4n) is 3.32. The van der Waals surface area contributed by atoms with Crippen LogP contribution >= 0.6 is 0 Å². The Bertz CT molecular complexity index is 1130. The molecule has 0 saturated carbocycles. The maximum absolute atomic E-state index is 13.5. The van der Waals surface area contributed by atoms with Gasteiger partial charge in [0.25, 0.3) is 5.91 Å². The lowest BCUT2D eigenvalue weighted by atomic mass is 10.0. The monoisotopic (exact) mass is 418 g/mol. The van der Waals surface area contributed by atoms with Crippen molar-refractivity contribution in [3.8, 4) is 6.07 Å². The molecule has 0 saturated heterocycles. The molecule has 0 unspecified atom stereocenters. The molecule has 2 heterocycles. The van der Waals surface area contributed by atoms with E-state index in [0.717, 1.165) is 6.07 Å². The van der Waals surface area contributed by atoms with Crippen molar-refractivity contribution >= 4 is 21.6 Å². The van der Waals surface area contributed by atoms with Gasteiger partial charge >= 0.3 is 0 Å². The molecular weight excluding hydrogens is 399 g/mol. The van der Waals surface area contributed by atoms with Gasteiger partial charge in [-0.1, -0.05) is 6.08 Å². The highest BCUT2D eigenvalue weighted by Crippen LogP contribution is 2.28. The molecule has 0 bridgehead atoms. The second-order valence-corrected chi connectivity index (χ2v) is 8.37. The van der Waals surface area contributed by atoms with Crippen molar-refractivity contribution in [1.29, 1.82) is 5.26 Å². The average Bonchev–Trinajstić information content (AvgIpc) is 2.96. The van der Waals surface area contributed by atoms with E-state index in [1.54, 1.807) is 13.1 Å². The van der Waals surface area contributed by atoms with Crippen molar-refractivity contribution in [1.82, 2.24) is 9.29 Å². The number of benzene rings is 1. The molecular formula is C19H19FN4O4S. The molecule has 0 spiro atoms. The number of aryl methyl sites for hydroxylation is 1. The molecule has 0 aliphatic carbocycles. The van der Waals surface area contributed by atoms with Gasteiger partial charge in [0.1, 0.15) is 22.5 Å². The average molecular weight is 418 g/mol. The predicted molar refractivity (Wildman–Crippen MR) is 103 cm³/mol. The largest absolute Gasteiger partial charge is 0.387 e. The summed E-state index contributed by atoms with van der Waals surface area (Å²) in [5.41, 5.74) is 0.430. The lowest BCUT2D eigenvalue weighted by Crippen LogP contribution is -2.41. The Morgan fingerprint density at radius 3 is 2.93 bits per heavy atom. The fraction of sp³-hybridized carbons (Fsp3) is 0.263. The molecule has 1 aliphatic rings. The Hall–Kier alpha value is -3.00. The number of nitrogens with zero attached hydrogens (tertiary/aromatic N) is 2. The summed E-state index contributed by atoms with van der Waals surface area (Å²) in [5, 5.41) is 21.5. The minimum Gasteiger partial charge on any atom is -0.387 e. The van der Waals surface area contributed by atoms with E-state index in [0.29, 0.717) is 5.56 Å². The predicted octanol–water partition coefficient (Wildman–Crippen LogP) is 1.43. The number of hydrogen-bond donors (Lipinski definition) is 3. The molecule has 2 atom stereocenters. The molecule has 10 heteroatoms. The minimum atomic E-state index is -3.96. The Morgan fingerprint density at radius 2 is 2.28 bits per heavy atom. The second kappa shape index (κ2) is 7.79. The number of nitrogens with one attached hydrogen (secondary N) is 2. The van der Waals surface area contributed by atoms with E-state index in [2.05, 4.69) is 16.6 Å². The molecule has 8 nitrogen and oxygen atoms in total. The summed E-state index contributed by atoms with van der Waals surface area (Å²) in [6.07, 6.45) is 2.01. The lowest BCUT2D eigenvalue weighted by molar-refractivity contribution is 0.101. The van der Waals surface area contributed by atoms with Crippen LogP contribution in [0.15, 0.2) is 41.9 Å². The van der Waals surface area contributed by atoms with Crippen molar-refractivity contribution < 1.29 is 22.7 Å². The topological polar surface area (TPSA) is 124 Å². The molecule has 2 aromatic rings. The molecule has 29 heavy (non-hydrogen) atoms. The van der Waals surface area contributed by atoms with Crippen LogP contribution in [0.25, 0.3) is 0 Å². The van der Waals surface area contributed by atoms with E-state index in [1.165, 1.54) is 29.0 Å². The number of halogens is 1. The Morgan fingerprint density at radius 1 is 1.55 bits per heavy atom. The third-order valence-electron chi connectivity index (χ3n) is 4.76. The van der Waals surface area contributed by atoms with E-state index in [-0.39, 0.29) is 34.7 Å². The molecule has 1 amide bonds. The van der Waals surface area contributed by atoms with Crippen LogP contribution in [0.4, 0.5) is 10.1 Å². The Kier molecular flexibility index (Phi) is 5.57. The highest BCUT2D eigenvalue weighted by atomic mass is 32.2. The number of fused-ring (bicyclic) bond motifs is 1. The SMILES string of the molecule is C=C[C@@H](O)[C@H]1CCc2c(cn(C)c2C(=O)Nc2ccc(F)c(C#N)c2)S(=O)(=O)N1. The van der Waals surface area contributed by atoms with Crippen molar-refractivity contribution in [2.75, 3.05) is 5.32 Å². The number of aliphatic hydroxyl groups excluding tert-OH is 1. The van der Waals surface area contributed by atoms with Gasteiger partial charge in [0.2, 0.25) is 10.0 Å². The number of anilines is 1. The minimum absolute atomic E-state index is 0.0410. The fourth-order valence-corrected chi connectivity index (χ4v) is 4.93. The van der Waals surface area contributed by atoms with Crippen LogP contribution in [0.1, 0.15) is 28.0 Å². The number of amides is 1. The van der Waals surface area contributed by atoms with Crippen LogP contribution in [-0.2, 0) is 23.5 Å². The molecule has 0 fully saturated rings. The maximum Gasteiger partial charge on any atom is 0.272 e. The Balaban J connectivity index is 1.97. The summed E-state index contributed by atoms with van der Waals surface area (Å²) < 4.78 is 42.8. The van der Waals surface area contributed by atoms with Gasteiger partial charge in [-0.15, -0.1) is 6.58 Å². The van der Waals surface area contributed by atoms with Gasteiger partial charge in [-0.25, -0.2) is 17.5 Å². The van der Waals surface area contributed by atoms with Crippen LogP contribution in [0.5, 0.6) is 0 Å². The van der Waals surface area contributed by atoms with E-state index >= 15 is 0 Å². The van der Waals surface area contributed by atoms with Gasteiger partial charge in [-0.2, -0.15) is 5.26 Å². The molecule has 3 rings (SSSR count). The van der Waals surface area contributed by atoms with Crippen molar-refractivity contribution in [3.05, 3.63) is 59.7 Å². The van der Waals surface area contributed by atoms with Crippen LogP contribution in [0.2, 0.25) is 0 Å². The molecule has 1 aromatic carbocycles. The van der Waals surface area contributed by atoms with Crippen LogP contribution < -0.4 is 10.0 Å². The zero-order chi connectivity index (χ0) is 21.3. The number of carbonyl (C=O) groups is 1. The van der Waals surface area contributed by atoms with Gasteiger partial charge in [0, 0.05) is 24.5 Å². The normalized spacial score (nSPS) is 18.8. The number of rotatable bonds is 4. The molecule has 3 N–H and O–H groups in total. The zero-order valence-electron chi connectivity index (χ0n) is 15.5. The van der Waals surface area contributed by atoms with Gasteiger partial charge in [-0.3, -0.25) is 4.79 Å². The number of carbonyl (C=O) groups excluding carboxylic acids is 1. The highest BCUT2D eigenvalue weighted by molar-refractivity contribution is 7.89. The first-order chi connectivity index (χ1) is 13.7. The van der Waals surface area contributed by atoms with Crippen LogP contribution in [0, 0.1) is 17.1 Å². The summed E-state index contributed by atoms with van der Waals surface area (Å²) in [5.74, 6) is -1.30. The van der Waals surface area contributed by atoms with Gasteiger partial charge in [0.05, 0.1) is 17.7 Å². The number of sulfonamides is 1. The number of aromatic nitrogens is 1. The first kappa shape index (κ1) is 20.7. The lowest BCUT2D eigenvalue weighted by Gasteiger charge is -2.19. The Labute approximate surface area is 167 Å². The van der Waals surface area contributed by atoms with Crippen LogP contribution in [0.3, 0.4) is 0 Å². The standard InChI is InChI=1S/C19H19FN4O4S/c1-3-16(25)15-7-5-13-17(29(27,28)23-15)10-24(2)18(13)19(26)22-12-4-6-14(20)11(8-12)9-21/h3-4,6,8,10,15-16,23,25H,1,5,7H2,2H3,(H,22,26)/t15-,16-/m1/s1. The second-order valence-electron chi connectivity index (χ2n) is 6.68. The first-order valence-electron chi connectivity index (χ1n) is 8.70.